The topological polar surface area (TPSA) is 55.4 Å². The van der Waals surface area contributed by atoms with Crippen molar-refractivity contribution < 1.29 is 18.7 Å². The van der Waals surface area contributed by atoms with Gasteiger partial charge in [-0.15, -0.1) is 0 Å². The van der Waals surface area contributed by atoms with Gasteiger partial charge in [0.1, 0.15) is 5.82 Å². The summed E-state index contributed by atoms with van der Waals surface area (Å²) in [4.78, 5) is 24.1. The summed E-state index contributed by atoms with van der Waals surface area (Å²) in [7, 11) is 0. The van der Waals surface area contributed by atoms with Gasteiger partial charge in [-0.3, -0.25) is 9.59 Å². The van der Waals surface area contributed by atoms with Gasteiger partial charge in [0.2, 0.25) is 0 Å². The van der Waals surface area contributed by atoms with Gasteiger partial charge in [-0.2, -0.15) is 0 Å². The molecule has 0 bridgehead atoms. The minimum Gasteiger partial charge on any atom is -0.452 e. The summed E-state index contributed by atoms with van der Waals surface area (Å²) in [5, 5.41) is 2.77. The molecule has 5 heteroatoms. The van der Waals surface area contributed by atoms with Crippen LogP contribution in [0.2, 0.25) is 0 Å². The number of nitrogens with one attached hydrogen (secondary N) is 1. The minimum absolute atomic E-state index is 0.0752. The predicted octanol–water partition coefficient (Wildman–Crippen LogP) is 3.43. The standard InChI is InChI=1S/C20H20FNO3/c1-13(25-19(23)11-14-4-2-7-17(21)10-14)20(24)22-18-9-8-15-5-3-6-16(15)12-18/h2,4,7-10,12-13H,3,5-6,11H2,1H3,(H,22,24)/t13-/m0/s1. The van der Waals surface area contributed by atoms with E-state index >= 15 is 0 Å². The van der Waals surface area contributed by atoms with E-state index in [1.165, 1.54) is 36.2 Å². The van der Waals surface area contributed by atoms with Crippen molar-refractivity contribution >= 4 is 17.6 Å². The number of hydrogen-bond acceptors (Lipinski definition) is 3. The first-order chi connectivity index (χ1) is 12.0. The second-order valence-corrected chi connectivity index (χ2v) is 6.27. The third-order valence-corrected chi connectivity index (χ3v) is 4.28. The smallest absolute Gasteiger partial charge is 0.311 e. The summed E-state index contributed by atoms with van der Waals surface area (Å²) in [6, 6.07) is 11.6. The van der Waals surface area contributed by atoms with Gasteiger partial charge in [-0.05, 0) is 67.1 Å². The molecule has 1 aliphatic rings. The molecule has 0 fully saturated rings. The maximum Gasteiger partial charge on any atom is 0.311 e. The normalized spacial score (nSPS) is 13.8. The molecule has 0 saturated carbocycles. The quantitative estimate of drug-likeness (QED) is 0.848. The molecular weight excluding hydrogens is 321 g/mol. The molecule has 1 atom stereocenters. The van der Waals surface area contributed by atoms with Crippen LogP contribution in [0.1, 0.15) is 30.0 Å². The number of amides is 1. The van der Waals surface area contributed by atoms with E-state index in [0.717, 1.165) is 19.3 Å². The number of carbonyl (C=O) groups excluding carboxylic acids is 2. The number of anilines is 1. The molecule has 0 aliphatic heterocycles. The number of fused-ring (bicyclic) bond motifs is 1. The summed E-state index contributed by atoms with van der Waals surface area (Å²) in [5.74, 6) is -1.36. The zero-order valence-corrected chi connectivity index (χ0v) is 14.0. The zero-order valence-electron chi connectivity index (χ0n) is 14.0. The molecule has 25 heavy (non-hydrogen) atoms. The highest BCUT2D eigenvalue weighted by Crippen LogP contribution is 2.25. The van der Waals surface area contributed by atoms with E-state index in [0.29, 0.717) is 11.3 Å². The lowest BCUT2D eigenvalue weighted by atomic mass is 10.1. The molecule has 130 valence electrons. The van der Waals surface area contributed by atoms with Crippen molar-refractivity contribution in [3.63, 3.8) is 0 Å². The number of carbonyl (C=O) groups is 2. The van der Waals surface area contributed by atoms with Crippen LogP contribution < -0.4 is 5.32 Å². The number of halogens is 1. The van der Waals surface area contributed by atoms with E-state index in [1.54, 1.807) is 6.07 Å². The monoisotopic (exact) mass is 341 g/mol. The van der Waals surface area contributed by atoms with E-state index in [4.69, 9.17) is 4.74 Å². The Kier molecular flexibility index (Phi) is 5.12. The maximum atomic E-state index is 13.1. The third-order valence-electron chi connectivity index (χ3n) is 4.28. The Morgan fingerprint density at radius 1 is 1.16 bits per heavy atom. The summed E-state index contributed by atoms with van der Waals surface area (Å²) < 4.78 is 18.3. The Hall–Kier alpha value is -2.69. The van der Waals surface area contributed by atoms with Crippen molar-refractivity contribution in [2.24, 2.45) is 0 Å². The first-order valence-corrected chi connectivity index (χ1v) is 8.38. The second kappa shape index (κ2) is 7.47. The summed E-state index contributed by atoms with van der Waals surface area (Å²) in [6.07, 6.45) is 2.25. The SMILES string of the molecule is C[C@H](OC(=O)Cc1cccc(F)c1)C(=O)Nc1ccc2c(c1)CCC2. The molecule has 2 aromatic carbocycles. The van der Waals surface area contributed by atoms with E-state index in [2.05, 4.69) is 5.32 Å². The fourth-order valence-electron chi connectivity index (χ4n) is 3.00. The molecule has 1 N–H and O–H groups in total. The number of aryl methyl sites for hydroxylation is 2. The summed E-state index contributed by atoms with van der Waals surface area (Å²) >= 11 is 0. The lowest BCUT2D eigenvalue weighted by Crippen LogP contribution is -2.30. The van der Waals surface area contributed by atoms with E-state index in [9.17, 15) is 14.0 Å². The van der Waals surface area contributed by atoms with Crippen molar-refractivity contribution in [2.45, 2.75) is 38.7 Å². The van der Waals surface area contributed by atoms with Crippen LogP contribution in [0, 0.1) is 5.82 Å². The van der Waals surface area contributed by atoms with Gasteiger partial charge in [0.25, 0.3) is 5.91 Å². The maximum absolute atomic E-state index is 13.1. The van der Waals surface area contributed by atoms with Gasteiger partial charge in [-0.1, -0.05) is 18.2 Å². The molecule has 1 amide bonds. The van der Waals surface area contributed by atoms with E-state index in [1.807, 2.05) is 18.2 Å². The van der Waals surface area contributed by atoms with E-state index in [-0.39, 0.29) is 12.3 Å². The molecular formula is C20H20FNO3. The van der Waals surface area contributed by atoms with E-state index < -0.39 is 17.9 Å². The fraction of sp³-hybridized carbons (Fsp3) is 0.300. The Bertz CT molecular complexity index is 803. The molecule has 1 aliphatic carbocycles. The van der Waals surface area contributed by atoms with Crippen LogP contribution in [0.3, 0.4) is 0 Å². The highest BCUT2D eigenvalue weighted by molar-refractivity contribution is 5.95. The van der Waals surface area contributed by atoms with Crippen LogP contribution in [0.5, 0.6) is 0 Å². The Balaban J connectivity index is 1.54. The van der Waals surface area contributed by atoms with Crippen molar-refractivity contribution in [1.29, 1.82) is 0 Å². The third kappa shape index (κ3) is 4.44. The molecule has 2 aromatic rings. The van der Waals surface area contributed by atoms with Gasteiger partial charge < -0.3 is 10.1 Å². The largest absolute Gasteiger partial charge is 0.452 e. The molecule has 0 spiro atoms. The molecule has 3 rings (SSSR count). The van der Waals surface area contributed by atoms with Crippen LogP contribution in [0.4, 0.5) is 10.1 Å². The van der Waals surface area contributed by atoms with Gasteiger partial charge in [0.05, 0.1) is 6.42 Å². The van der Waals surface area contributed by atoms with Gasteiger partial charge in [0.15, 0.2) is 6.10 Å². The van der Waals surface area contributed by atoms with Gasteiger partial charge in [0, 0.05) is 5.69 Å². The van der Waals surface area contributed by atoms with Crippen molar-refractivity contribution in [2.75, 3.05) is 5.32 Å². The lowest BCUT2D eigenvalue weighted by molar-refractivity contribution is -0.152. The minimum atomic E-state index is -0.922. The van der Waals surface area contributed by atoms with Crippen molar-refractivity contribution in [3.05, 3.63) is 65.0 Å². The molecule has 0 radical (unpaired) electrons. The number of hydrogen-bond donors (Lipinski definition) is 1. The average Bonchev–Trinajstić information content (AvgIpc) is 3.02. The number of esters is 1. The molecule has 0 unspecified atom stereocenters. The number of ether oxygens (including phenoxy) is 1. The Labute approximate surface area is 146 Å². The number of rotatable bonds is 5. The lowest BCUT2D eigenvalue weighted by Gasteiger charge is -2.14. The Morgan fingerprint density at radius 2 is 1.96 bits per heavy atom. The molecule has 4 nitrogen and oxygen atoms in total. The van der Waals surface area contributed by atoms with Crippen LogP contribution in [0.25, 0.3) is 0 Å². The van der Waals surface area contributed by atoms with Crippen molar-refractivity contribution in [1.82, 2.24) is 0 Å². The van der Waals surface area contributed by atoms with Crippen molar-refractivity contribution in [3.8, 4) is 0 Å². The van der Waals surface area contributed by atoms with Gasteiger partial charge >= 0.3 is 5.97 Å². The number of benzene rings is 2. The highest BCUT2D eigenvalue weighted by Gasteiger charge is 2.19. The van der Waals surface area contributed by atoms with Crippen LogP contribution in [0.15, 0.2) is 42.5 Å². The summed E-state index contributed by atoms with van der Waals surface area (Å²) in [6.45, 7) is 1.52. The molecule has 0 aromatic heterocycles. The van der Waals surface area contributed by atoms with Crippen LogP contribution in [-0.4, -0.2) is 18.0 Å². The second-order valence-electron chi connectivity index (χ2n) is 6.27. The van der Waals surface area contributed by atoms with Gasteiger partial charge in [-0.25, -0.2) is 4.39 Å². The molecule has 0 heterocycles. The fourth-order valence-corrected chi connectivity index (χ4v) is 3.00. The highest BCUT2D eigenvalue weighted by atomic mass is 19.1. The van der Waals surface area contributed by atoms with Crippen LogP contribution in [-0.2, 0) is 33.6 Å². The average molecular weight is 341 g/mol. The predicted molar refractivity (Wildman–Crippen MR) is 92.8 cm³/mol. The first-order valence-electron chi connectivity index (χ1n) is 8.38. The Morgan fingerprint density at radius 3 is 2.76 bits per heavy atom. The zero-order chi connectivity index (χ0) is 17.8. The summed E-state index contributed by atoms with van der Waals surface area (Å²) in [5.41, 5.74) is 3.80. The van der Waals surface area contributed by atoms with Crippen LogP contribution >= 0.6 is 0 Å². The first kappa shape index (κ1) is 17.1. The molecule has 0 saturated heterocycles.